The average Bonchev–Trinajstić information content (AvgIpc) is 3.43. The van der Waals surface area contributed by atoms with Crippen LogP contribution in [0, 0.1) is 5.41 Å². The highest BCUT2D eigenvalue weighted by Gasteiger charge is 2.53. The number of hydrogen-bond donors (Lipinski definition) is 0. The minimum absolute atomic E-state index is 0.0554. The van der Waals surface area contributed by atoms with E-state index in [2.05, 4.69) is 32.4 Å². The predicted octanol–water partition coefficient (Wildman–Crippen LogP) is 7.21. The van der Waals surface area contributed by atoms with E-state index in [4.69, 9.17) is 40.2 Å². The van der Waals surface area contributed by atoms with E-state index < -0.39 is 23.9 Å². The van der Waals surface area contributed by atoms with Gasteiger partial charge >= 0.3 is 13.2 Å². The quantitative estimate of drug-likeness (QED) is 0.219. The maximum absolute atomic E-state index is 12.7. The summed E-state index contributed by atoms with van der Waals surface area (Å²) in [4.78, 5) is 14.6. The zero-order valence-corrected chi connectivity index (χ0v) is 29.7. The number of amides is 1. The van der Waals surface area contributed by atoms with Gasteiger partial charge in [-0.3, -0.25) is 4.68 Å². The van der Waals surface area contributed by atoms with Crippen molar-refractivity contribution < 1.29 is 28.3 Å². The zero-order valence-electron chi connectivity index (χ0n) is 29.0. The Morgan fingerprint density at radius 1 is 1.09 bits per heavy atom. The standard InChI is InChI=1S/C35H53BClN3O6/c1-32(2,3)44-31(41)39-15-12-14-35(23-39)21-25(22-35)42-17-11-9-16-40-27-20-24(37)19-26(36-45-33(4,5)34(6,7)46-36)29(27)30(38-40)28-13-8-10-18-43-28/h19-20,25,28H,8-18,21-23H2,1-7H3. The Morgan fingerprint density at radius 2 is 1.83 bits per heavy atom. The number of fused-ring (bicyclic) bond motifs is 1. The Balaban J connectivity index is 1.08. The molecule has 1 spiro atoms. The Hall–Kier alpha value is -1.85. The van der Waals surface area contributed by atoms with Crippen molar-refractivity contribution in [2.45, 2.75) is 142 Å². The molecular formula is C35H53BClN3O6. The topological polar surface area (TPSA) is 84.3 Å². The molecule has 0 bridgehead atoms. The molecule has 1 aromatic heterocycles. The lowest BCUT2D eigenvalue weighted by molar-refractivity contribution is -0.109. The lowest BCUT2D eigenvalue weighted by atomic mass is 9.62. The molecule has 1 amide bonds. The molecule has 4 heterocycles. The number of nitrogens with zero attached hydrogens (tertiary/aromatic N) is 3. The van der Waals surface area contributed by atoms with Crippen LogP contribution in [0.5, 0.6) is 0 Å². The number of likely N-dealkylation sites (tertiary alicyclic amines) is 1. The molecule has 9 nitrogen and oxygen atoms in total. The fourth-order valence-corrected chi connectivity index (χ4v) is 7.72. The number of halogens is 1. The van der Waals surface area contributed by atoms with Gasteiger partial charge < -0.3 is 28.4 Å². The van der Waals surface area contributed by atoms with E-state index in [1.165, 1.54) is 0 Å². The highest BCUT2D eigenvalue weighted by molar-refractivity contribution is 6.65. The molecule has 1 unspecified atom stereocenters. The Labute approximate surface area is 280 Å². The molecule has 4 aliphatic rings. The number of carbonyl (C=O) groups is 1. The lowest BCUT2D eigenvalue weighted by Crippen LogP contribution is -2.55. The second-order valence-corrected chi connectivity index (χ2v) is 16.5. The minimum Gasteiger partial charge on any atom is -0.444 e. The van der Waals surface area contributed by atoms with E-state index in [9.17, 15) is 4.79 Å². The van der Waals surface area contributed by atoms with E-state index in [0.29, 0.717) is 11.6 Å². The van der Waals surface area contributed by atoms with Gasteiger partial charge in [-0.2, -0.15) is 5.10 Å². The van der Waals surface area contributed by atoms with Gasteiger partial charge in [-0.05, 0) is 129 Å². The Morgan fingerprint density at radius 3 is 2.50 bits per heavy atom. The number of aryl methyl sites for hydroxylation is 1. The second kappa shape index (κ2) is 12.9. The van der Waals surface area contributed by atoms with E-state index in [-0.39, 0.29) is 23.7 Å². The third-order valence-electron chi connectivity index (χ3n) is 10.6. The van der Waals surface area contributed by atoms with E-state index in [1.807, 2.05) is 37.8 Å². The fraction of sp³-hybridized carbons (Fsp3) is 0.771. The molecule has 1 aliphatic carbocycles. The van der Waals surface area contributed by atoms with Gasteiger partial charge in [-0.25, -0.2) is 4.79 Å². The highest BCUT2D eigenvalue weighted by atomic mass is 35.5. The maximum atomic E-state index is 12.7. The molecule has 6 rings (SSSR count). The van der Waals surface area contributed by atoms with Crippen LogP contribution in [0.25, 0.3) is 10.9 Å². The van der Waals surface area contributed by atoms with Gasteiger partial charge in [-0.1, -0.05) is 11.6 Å². The number of aromatic nitrogens is 2. The first-order chi connectivity index (χ1) is 21.7. The Bertz CT molecular complexity index is 1390. The van der Waals surface area contributed by atoms with Crippen LogP contribution in [-0.2, 0) is 30.1 Å². The number of hydrogen-bond acceptors (Lipinski definition) is 7. The molecule has 1 aromatic carbocycles. The summed E-state index contributed by atoms with van der Waals surface area (Å²) in [6, 6.07) is 3.99. The van der Waals surface area contributed by atoms with Crippen LogP contribution in [-0.4, -0.2) is 77.1 Å². The number of benzene rings is 1. The van der Waals surface area contributed by atoms with Gasteiger partial charge in [-0.15, -0.1) is 0 Å². The molecule has 46 heavy (non-hydrogen) atoms. The van der Waals surface area contributed by atoms with Crippen LogP contribution in [0.2, 0.25) is 5.02 Å². The summed E-state index contributed by atoms with van der Waals surface area (Å²) >= 11 is 6.74. The van der Waals surface area contributed by atoms with Crippen molar-refractivity contribution in [2.75, 3.05) is 26.3 Å². The summed E-state index contributed by atoms with van der Waals surface area (Å²) in [5, 5.41) is 6.84. The molecule has 0 N–H and O–H groups in total. The number of ether oxygens (including phenoxy) is 3. The van der Waals surface area contributed by atoms with Crippen LogP contribution in [0.15, 0.2) is 12.1 Å². The van der Waals surface area contributed by atoms with Crippen molar-refractivity contribution in [3.63, 3.8) is 0 Å². The SMILES string of the molecule is CC(C)(C)OC(=O)N1CCCC2(CC(OCCCCn3nc(C4CCCCO4)c4c(B5OC(C)(C)C(C)(C)O5)cc(Cl)cc43)C2)C1. The molecule has 4 fully saturated rings. The third-order valence-corrected chi connectivity index (χ3v) is 10.8. The lowest BCUT2D eigenvalue weighted by Gasteiger charge is -2.52. The number of rotatable bonds is 8. The van der Waals surface area contributed by atoms with Crippen LogP contribution in [0.1, 0.15) is 118 Å². The second-order valence-electron chi connectivity index (χ2n) is 16.1. The Kier molecular flexibility index (Phi) is 9.53. The highest BCUT2D eigenvalue weighted by Crippen LogP contribution is 2.49. The van der Waals surface area contributed by atoms with Gasteiger partial charge in [0.25, 0.3) is 0 Å². The van der Waals surface area contributed by atoms with E-state index in [0.717, 1.165) is 106 Å². The maximum Gasteiger partial charge on any atom is 0.495 e. The van der Waals surface area contributed by atoms with Gasteiger partial charge in [0.05, 0.1) is 28.5 Å². The van der Waals surface area contributed by atoms with Gasteiger partial charge in [0.1, 0.15) is 11.7 Å². The van der Waals surface area contributed by atoms with Gasteiger partial charge in [0, 0.05) is 43.3 Å². The minimum atomic E-state index is -0.536. The van der Waals surface area contributed by atoms with Crippen molar-refractivity contribution in [3.8, 4) is 0 Å². The normalized spacial score (nSPS) is 27.7. The smallest absolute Gasteiger partial charge is 0.444 e. The van der Waals surface area contributed by atoms with Crippen LogP contribution >= 0.6 is 11.6 Å². The summed E-state index contributed by atoms with van der Waals surface area (Å²) in [6.45, 7) is 17.8. The van der Waals surface area contributed by atoms with E-state index >= 15 is 0 Å². The van der Waals surface area contributed by atoms with Crippen molar-refractivity contribution in [1.82, 2.24) is 14.7 Å². The molecule has 3 aliphatic heterocycles. The molecule has 11 heteroatoms. The van der Waals surface area contributed by atoms with Crippen LogP contribution < -0.4 is 5.46 Å². The first kappa shape index (κ1) is 34.0. The predicted molar refractivity (Wildman–Crippen MR) is 181 cm³/mol. The fourth-order valence-electron chi connectivity index (χ4n) is 7.50. The van der Waals surface area contributed by atoms with Crippen molar-refractivity contribution in [3.05, 3.63) is 22.8 Å². The van der Waals surface area contributed by atoms with Gasteiger partial charge in [0.15, 0.2) is 0 Å². The number of piperidine rings is 1. The average molecular weight is 658 g/mol. The van der Waals surface area contributed by atoms with Crippen LogP contribution in [0.4, 0.5) is 4.79 Å². The molecule has 0 radical (unpaired) electrons. The molecule has 1 saturated carbocycles. The van der Waals surface area contributed by atoms with Crippen molar-refractivity contribution in [1.29, 1.82) is 0 Å². The molecule has 2 aromatic rings. The molecular weight excluding hydrogens is 605 g/mol. The number of unbranched alkanes of at least 4 members (excludes halogenated alkanes) is 1. The zero-order chi connectivity index (χ0) is 32.9. The van der Waals surface area contributed by atoms with E-state index in [1.54, 1.807) is 0 Å². The summed E-state index contributed by atoms with van der Waals surface area (Å²) < 4.78 is 33.3. The molecule has 3 saturated heterocycles. The third kappa shape index (κ3) is 7.12. The summed E-state index contributed by atoms with van der Waals surface area (Å²) in [6.07, 6.45) is 9.25. The first-order valence-corrected chi connectivity index (χ1v) is 17.8. The van der Waals surface area contributed by atoms with Crippen LogP contribution in [0.3, 0.4) is 0 Å². The summed E-state index contributed by atoms with van der Waals surface area (Å²) in [5.41, 5.74) is 1.67. The number of carbonyl (C=O) groups excluding carboxylic acids is 1. The van der Waals surface area contributed by atoms with Crippen molar-refractivity contribution >= 4 is 41.2 Å². The molecule has 1 atom stereocenters. The monoisotopic (exact) mass is 657 g/mol. The first-order valence-electron chi connectivity index (χ1n) is 17.4. The summed E-state index contributed by atoms with van der Waals surface area (Å²) in [7, 11) is -0.536. The molecule has 254 valence electrons. The van der Waals surface area contributed by atoms with Crippen molar-refractivity contribution in [2.24, 2.45) is 5.41 Å². The summed E-state index contributed by atoms with van der Waals surface area (Å²) in [5.74, 6) is 0. The van der Waals surface area contributed by atoms with Gasteiger partial charge in [0.2, 0.25) is 0 Å². The largest absolute Gasteiger partial charge is 0.495 e.